The normalized spacial score (nSPS) is 10.9. The van der Waals surface area contributed by atoms with E-state index in [1.807, 2.05) is 24.7 Å². The Kier molecular flexibility index (Phi) is 1.96. The summed E-state index contributed by atoms with van der Waals surface area (Å²) in [4.78, 5) is 11.4. The first-order valence-electron chi connectivity index (χ1n) is 4.59. The van der Waals surface area contributed by atoms with E-state index in [-0.39, 0.29) is 0 Å². The first kappa shape index (κ1) is 8.55. The van der Waals surface area contributed by atoms with E-state index in [9.17, 15) is 0 Å². The van der Waals surface area contributed by atoms with Gasteiger partial charge in [0.15, 0.2) is 0 Å². The lowest BCUT2D eigenvalue weighted by molar-refractivity contribution is 1.05. The Morgan fingerprint density at radius 1 is 1.33 bits per heavy atom. The molecule has 4 nitrogen and oxygen atoms in total. The standard InChI is InChI=1S/C10H8N4S/c1-2-12-9(3-7-4-11-6-13-7)8-5-14-15-10(1)8/h1-2,4-6H,3H2,(H,11,13). The van der Waals surface area contributed by atoms with Crippen LogP contribution in [0.1, 0.15) is 11.4 Å². The second kappa shape index (κ2) is 3.43. The van der Waals surface area contributed by atoms with Gasteiger partial charge in [-0.3, -0.25) is 4.98 Å². The molecule has 0 aromatic carbocycles. The van der Waals surface area contributed by atoms with E-state index < -0.39 is 0 Å². The summed E-state index contributed by atoms with van der Waals surface area (Å²) in [6.45, 7) is 0. The molecule has 0 atom stereocenters. The maximum atomic E-state index is 4.37. The molecule has 0 aliphatic carbocycles. The number of H-pyrrole nitrogens is 1. The molecule has 0 spiro atoms. The zero-order chi connectivity index (χ0) is 10.1. The Bertz CT molecular complexity index is 570. The van der Waals surface area contributed by atoms with E-state index in [0.717, 1.165) is 23.2 Å². The van der Waals surface area contributed by atoms with E-state index in [1.165, 1.54) is 16.2 Å². The summed E-state index contributed by atoms with van der Waals surface area (Å²) >= 11 is 1.50. The predicted molar refractivity (Wildman–Crippen MR) is 58.8 cm³/mol. The molecule has 1 N–H and O–H groups in total. The van der Waals surface area contributed by atoms with Crippen LogP contribution in [0.5, 0.6) is 0 Å². The van der Waals surface area contributed by atoms with Crippen molar-refractivity contribution in [1.29, 1.82) is 0 Å². The fourth-order valence-corrected chi connectivity index (χ4v) is 2.21. The van der Waals surface area contributed by atoms with Gasteiger partial charge >= 0.3 is 0 Å². The van der Waals surface area contributed by atoms with Crippen molar-refractivity contribution < 1.29 is 0 Å². The molecular formula is C10H8N4S. The van der Waals surface area contributed by atoms with Gasteiger partial charge in [-0.25, -0.2) is 4.98 Å². The lowest BCUT2D eigenvalue weighted by atomic mass is 10.2. The van der Waals surface area contributed by atoms with Gasteiger partial charge in [-0.15, -0.1) is 0 Å². The number of fused-ring (bicyclic) bond motifs is 1. The summed E-state index contributed by atoms with van der Waals surface area (Å²) in [7, 11) is 0. The fraction of sp³-hybridized carbons (Fsp3) is 0.100. The Morgan fingerprint density at radius 2 is 2.33 bits per heavy atom. The molecule has 74 valence electrons. The molecule has 0 fully saturated rings. The number of pyridine rings is 1. The molecule has 3 rings (SSSR count). The number of nitrogens with one attached hydrogen (secondary N) is 1. The van der Waals surface area contributed by atoms with Crippen molar-refractivity contribution in [3.8, 4) is 0 Å². The number of hydrogen-bond donors (Lipinski definition) is 1. The van der Waals surface area contributed by atoms with Crippen molar-refractivity contribution in [2.75, 3.05) is 0 Å². The second-order valence-corrected chi connectivity index (χ2v) is 4.08. The Balaban J connectivity index is 2.07. The second-order valence-electron chi connectivity index (χ2n) is 3.25. The minimum atomic E-state index is 0.774. The largest absolute Gasteiger partial charge is 0.348 e. The molecule has 0 saturated carbocycles. The zero-order valence-corrected chi connectivity index (χ0v) is 8.66. The summed E-state index contributed by atoms with van der Waals surface area (Å²) in [5.41, 5.74) is 2.12. The average molecular weight is 216 g/mol. The molecule has 0 radical (unpaired) electrons. The average Bonchev–Trinajstić information content (AvgIpc) is 2.87. The van der Waals surface area contributed by atoms with Crippen molar-refractivity contribution in [2.24, 2.45) is 0 Å². The van der Waals surface area contributed by atoms with Crippen LogP contribution in [-0.4, -0.2) is 19.3 Å². The van der Waals surface area contributed by atoms with E-state index in [0.29, 0.717) is 0 Å². The predicted octanol–water partition coefficient (Wildman–Crippen LogP) is 2.01. The molecule has 3 heterocycles. The van der Waals surface area contributed by atoms with E-state index in [2.05, 4.69) is 19.3 Å². The highest BCUT2D eigenvalue weighted by molar-refractivity contribution is 7.13. The molecular weight excluding hydrogens is 208 g/mol. The SMILES string of the molecule is c1cc2sncc2c(Cc2cnc[nH]2)n1. The highest BCUT2D eigenvalue weighted by atomic mass is 32.1. The molecule has 0 aliphatic rings. The van der Waals surface area contributed by atoms with E-state index in [1.54, 1.807) is 6.33 Å². The lowest BCUT2D eigenvalue weighted by Crippen LogP contribution is -1.92. The van der Waals surface area contributed by atoms with Crippen LogP contribution in [0.25, 0.3) is 10.1 Å². The van der Waals surface area contributed by atoms with Gasteiger partial charge < -0.3 is 4.98 Å². The Labute approximate surface area is 90.2 Å². The fourth-order valence-electron chi connectivity index (χ4n) is 1.55. The van der Waals surface area contributed by atoms with E-state index >= 15 is 0 Å². The molecule has 5 heteroatoms. The van der Waals surface area contributed by atoms with Gasteiger partial charge in [0.1, 0.15) is 0 Å². The first-order chi connectivity index (χ1) is 7.43. The van der Waals surface area contributed by atoms with Crippen molar-refractivity contribution >= 4 is 21.6 Å². The maximum absolute atomic E-state index is 4.37. The topological polar surface area (TPSA) is 54.5 Å². The monoisotopic (exact) mass is 216 g/mol. The number of nitrogens with zero attached hydrogens (tertiary/aromatic N) is 3. The van der Waals surface area contributed by atoms with Crippen LogP contribution < -0.4 is 0 Å². The third kappa shape index (κ3) is 1.50. The van der Waals surface area contributed by atoms with Crippen molar-refractivity contribution in [3.63, 3.8) is 0 Å². The molecule has 3 aromatic heterocycles. The molecule has 0 unspecified atom stereocenters. The van der Waals surface area contributed by atoms with Gasteiger partial charge in [0, 0.05) is 29.9 Å². The molecule has 3 aromatic rings. The van der Waals surface area contributed by atoms with E-state index in [4.69, 9.17) is 0 Å². The van der Waals surface area contributed by atoms with Crippen LogP contribution in [0.3, 0.4) is 0 Å². The van der Waals surface area contributed by atoms with Crippen LogP contribution in [0.4, 0.5) is 0 Å². The van der Waals surface area contributed by atoms with Crippen LogP contribution in [-0.2, 0) is 6.42 Å². The third-order valence-electron chi connectivity index (χ3n) is 2.28. The molecule has 0 bridgehead atoms. The first-order valence-corrected chi connectivity index (χ1v) is 5.36. The molecule has 0 aliphatic heterocycles. The number of aromatic nitrogens is 4. The molecule has 0 amide bonds. The minimum Gasteiger partial charge on any atom is -0.348 e. The van der Waals surface area contributed by atoms with Gasteiger partial charge in [-0.1, -0.05) is 0 Å². The number of rotatable bonds is 2. The van der Waals surface area contributed by atoms with Gasteiger partial charge in [0.25, 0.3) is 0 Å². The zero-order valence-electron chi connectivity index (χ0n) is 7.84. The summed E-state index contributed by atoms with van der Waals surface area (Å²) in [6, 6.07) is 1.99. The summed E-state index contributed by atoms with van der Waals surface area (Å²) < 4.78 is 5.35. The van der Waals surface area contributed by atoms with Crippen LogP contribution in [0, 0.1) is 0 Å². The van der Waals surface area contributed by atoms with Gasteiger partial charge in [0.2, 0.25) is 0 Å². The minimum absolute atomic E-state index is 0.774. The van der Waals surface area contributed by atoms with Crippen LogP contribution in [0.2, 0.25) is 0 Å². The van der Waals surface area contributed by atoms with Gasteiger partial charge in [-0.05, 0) is 17.6 Å². The third-order valence-corrected chi connectivity index (χ3v) is 3.04. The van der Waals surface area contributed by atoms with Gasteiger partial charge in [-0.2, -0.15) is 4.37 Å². The van der Waals surface area contributed by atoms with Crippen LogP contribution >= 0.6 is 11.5 Å². The number of aromatic amines is 1. The van der Waals surface area contributed by atoms with Crippen molar-refractivity contribution in [2.45, 2.75) is 6.42 Å². The maximum Gasteiger partial charge on any atom is 0.0921 e. The van der Waals surface area contributed by atoms with Gasteiger partial charge in [0.05, 0.1) is 22.9 Å². The highest BCUT2D eigenvalue weighted by Gasteiger charge is 2.05. The number of imidazole rings is 1. The Hall–Kier alpha value is -1.75. The smallest absolute Gasteiger partial charge is 0.0921 e. The quantitative estimate of drug-likeness (QED) is 0.712. The molecule has 15 heavy (non-hydrogen) atoms. The summed E-state index contributed by atoms with van der Waals surface area (Å²) in [5.74, 6) is 0. The highest BCUT2D eigenvalue weighted by Crippen LogP contribution is 2.21. The Morgan fingerprint density at radius 3 is 3.20 bits per heavy atom. The van der Waals surface area contributed by atoms with Crippen molar-refractivity contribution in [3.05, 3.63) is 42.4 Å². The summed E-state index contributed by atoms with van der Waals surface area (Å²) in [6.07, 6.45) is 7.97. The van der Waals surface area contributed by atoms with Crippen molar-refractivity contribution in [1.82, 2.24) is 19.3 Å². The summed E-state index contributed by atoms with van der Waals surface area (Å²) in [5, 5.41) is 1.14. The number of hydrogen-bond acceptors (Lipinski definition) is 4. The van der Waals surface area contributed by atoms with Crippen LogP contribution in [0.15, 0.2) is 31.0 Å². The lowest BCUT2D eigenvalue weighted by Gasteiger charge is -1.98. The molecule has 0 saturated heterocycles.